The number of fused-ring (bicyclic) bond motifs is 1. The minimum atomic E-state index is -0.673. The highest BCUT2D eigenvalue weighted by Crippen LogP contribution is 2.22. The first-order valence-corrected chi connectivity index (χ1v) is 8.80. The van der Waals surface area contributed by atoms with Crippen molar-refractivity contribution in [1.29, 1.82) is 0 Å². The summed E-state index contributed by atoms with van der Waals surface area (Å²) in [6.45, 7) is 4.22. The van der Waals surface area contributed by atoms with Gasteiger partial charge < -0.3 is 10.3 Å². The van der Waals surface area contributed by atoms with Crippen molar-refractivity contribution in [2.45, 2.75) is 26.4 Å². The Kier molecular flexibility index (Phi) is 4.64. The zero-order valence-electron chi connectivity index (χ0n) is 15.3. The number of H-pyrrole nitrogens is 1. The average Bonchev–Trinajstić information content (AvgIpc) is 3.23. The third-order valence-electron chi connectivity index (χ3n) is 4.72. The predicted molar refractivity (Wildman–Crippen MR) is 99.5 cm³/mol. The molecule has 0 spiro atoms. The third kappa shape index (κ3) is 3.38. The van der Waals surface area contributed by atoms with E-state index in [1.54, 1.807) is 12.3 Å². The maximum atomic E-state index is 14.1. The summed E-state index contributed by atoms with van der Waals surface area (Å²) in [5.41, 5.74) is 3.15. The lowest BCUT2D eigenvalue weighted by atomic mass is 10.1. The fourth-order valence-electron chi connectivity index (χ4n) is 3.22. The van der Waals surface area contributed by atoms with Crippen molar-refractivity contribution >= 4 is 11.0 Å². The fraction of sp³-hybridized carbons (Fsp3) is 0.200. The molecule has 144 valence electrons. The topological polar surface area (TPSA) is 58.5 Å². The SMILES string of the molecule is Cc1c([C@@H](C)NCc2nc3ccc(F)cc3[nH]2)cnn1-c1ccc(F)cc1F. The van der Waals surface area contributed by atoms with Crippen molar-refractivity contribution < 1.29 is 13.2 Å². The highest BCUT2D eigenvalue weighted by atomic mass is 19.1. The molecule has 0 aliphatic rings. The van der Waals surface area contributed by atoms with Gasteiger partial charge in [0.05, 0.1) is 23.8 Å². The Labute approximate surface area is 159 Å². The number of nitrogens with zero attached hydrogens (tertiary/aromatic N) is 3. The number of aromatic amines is 1. The van der Waals surface area contributed by atoms with Crippen LogP contribution in [-0.4, -0.2) is 19.7 Å². The van der Waals surface area contributed by atoms with Crippen molar-refractivity contribution in [3.8, 4) is 5.69 Å². The molecule has 4 rings (SSSR count). The van der Waals surface area contributed by atoms with Crippen molar-refractivity contribution in [3.05, 3.63) is 77.1 Å². The number of aromatic nitrogens is 4. The Morgan fingerprint density at radius 3 is 2.64 bits per heavy atom. The van der Waals surface area contributed by atoms with Crippen molar-refractivity contribution in [1.82, 2.24) is 25.1 Å². The minimum absolute atomic E-state index is 0.0952. The Bertz CT molecular complexity index is 1150. The minimum Gasteiger partial charge on any atom is -0.341 e. The zero-order chi connectivity index (χ0) is 19.8. The lowest BCUT2D eigenvalue weighted by Crippen LogP contribution is -2.19. The molecule has 28 heavy (non-hydrogen) atoms. The van der Waals surface area contributed by atoms with Gasteiger partial charge in [-0.3, -0.25) is 0 Å². The van der Waals surface area contributed by atoms with Gasteiger partial charge in [-0.25, -0.2) is 22.8 Å². The molecule has 0 saturated heterocycles. The van der Waals surface area contributed by atoms with Crippen LogP contribution in [0.15, 0.2) is 42.6 Å². The first-order chi connectivity index (χ1) is 13.4. The van der Waals surface area contributed by atoms with Crippen LogP contribution in [0.3, 0.4) is 0 Å². The van der Waals surface area contributed by atoms with Crippen LogP contribution in [0, 0.1) is 24.4 Å². The van der Waals surface area contributed by atoms with Crippen LogP contribution >= 0.6 is 0 Å². The molecule has 0 bridgehead atoms. The average molecular weight is 385 g/mol. The smallest absolute Gasteiger partial charge is 0.151 e. The normalized spacial score (nSPS) is 12.6. The summed E-state index contributed by atoms with van der Waals surface area (Å²) in [5.74, 6) is -0.943. The summed E-state index contributed by atoms with van der Waals surface area (Å²) in [5, 5.41) is 7.57. The molecular formula is C20H18F3N5. The van der Waals surface area contributed by atoms with Gasteiger partial charge in [0.1, 0.15) is 23.1 Å². The summed E-state index contributed by atoms with van der Waals surface area (Å²) in [6.07, 6.45) is 1.66. The number of imidazole rings is 1. The first kappa shape index (κ1) is 18.2. The number of rotatable bonds is 5. The predicted octanol–water partition coefficient (Wildman–Crippen LogP) is 4.33. The Morgan fingerprint density at radius 1 is 1.11 bits per heavy atom. The zero-order valence-corrected chi connectivity index (χ0v) is 15.3. The fourth-order valence-corrected chi connectivity index (χ4v) is 3.22. The molecule has 2 aromatic heterocycles. The molecule has 8 heteroatoms. The molecule has 0 fully saturated rings. The van der Waals surface area contributed by atoms with Crippen LogP contribution in [0.25, 0.3) is 16.7 Å². The summed E-state index contributed by atoms with van der Waals surface area (Å²) >= 11 is 0. The van der Waals surface area contributed by atoms with Gasteiger partial charge in [0.25, 0.3) is 0 Å². The third-order valence-corrected chi connectivity index (χ3v) is 4.72. The van der Waals surface area contributed by atoms with E-state index in [9.17, 15) is 13.2 Å². The van der Waals surface area contributed by atoms with E-state index in [-0.39, 0.29) is 17.5 Å². The molecule has 0 amide bonds. The maximum absolute atomic E-state index is 14.1. The van der Waals surface area contributed by atoms with Crippen LogP contribution in [0.2, 0.25) is 0 Å². The Hall–Kier alpha value is -3.13. The summed E-state index contributed by atoms with van der Waals surface area (Å²) < 4.78 is 42.0. The standard InChI is InChI=1S/C20H18F3N5/c1-11(24-10-20-26-17-5-3-14(22)8-18(17)27-20)15-9-25-28(12(15)2)19-6-4-13(21)7-16(19)23/h3-9,11,24H,10H2,1-2H3,(H,26,27)/t11-/m1/s1. The molecular weight excluding hydrogens is 367 g/mol. The van der Waals surface area contributed by atoms with Crippen LogP contribution in [0.1, 0.15) is 30.0 Å². The Balaban J connectivity index is 1.51. The molecule has 2 heterocycles. The number of hydrogen-bond donors (Lipinski definition) is 2. The molecule has 1 atom stereocenters. The number of halogens is 3. The lowest BCUT2D eigenvalue weighted by Gasteiger charge is -2.13. The van der Waals surface area contributed by atoms with Crippen LogP contribution in [0.5, 0.6) is 0 Å². The van der Waals surface area contributed by atoms with E-state index < -0.39 is 11.6 Å². The van der Waals surface area contributed by atoms with E-state index in [0.717, 1.165) is 17.3 Å². The highest BCUT2D eigenvalue weighted by Gasteiger charge is 2.17. The summed E-state index contributed by atoms with van der Waals surface area (Å²) in [7, 11) is 0. The van der Waals surface area contributed by atoms with Gasteiger partial charge in [0.15, 0.2) is 5.82 Å². The first-order valence-electron chi connectivity index (χ1n) is 8.80. The highest BCUT2D eigenvalue weighted by molar-refractivity contribution is 5.74. The van der Waals surface area contributed by atoms with Gasteiger partial charge in [-0.15, -0.1) is 0 Å². The Morgan fingerprint density at radius 2 is 1.86 bits per heavy atom. The van der Waals surface area contributed by atoms with Gasteiger partial charge in [0, 0.05) is 23.4 Å². The van der Waals surface area contributed by atoms with Crippen molar-refractivity contribution in [3.63, 3.8) is 0 Å². The van der Waals surface area contributed by atoms with Crippen molar-refractivity contribution in [2.75, 3.05) is 0 Å². The molecule has 0 saturated carbocycles. The molecule has 2 N–H and O–H groups in total. The second-order valence-corrected chi connectivity index (χ2v) is 6.64. The number of benzene rings is 2. The van der Waals surface area contributed by atoms with Crippen LogP contribution < -0.4 is 5.32 Å². The van der Waals surface area contributed by atoms with Gasteiger partial charge in [0.2, 0.25) is 0 Å². The van der Waals surface area contributed by atoms with E-state index in [1.165, 1.54) is 28.9 Å². The number of nitrogens with one attached hydrogen (secondary N) is 2. The molecule has 0 unspecified atom stereocenters. The summed E-state index contributed by atoms with van der Waals surface area (Å²) in [6, 6.07) is 7.70. The van der Waals surface area contributed by atoms with Gasteiger partial charge in [-0.05, 0) is 44.2 Å². The van der Waals surface area contributed by atoms with Crippen molar-refractivity contribution in [2.24, 2.45) is 0 Å². The van der Waals surface area contributed by atoms with E-state index in [4.69, 9.17) is 0 Å². The van der Waals surface area contributed by atoms with E-state index in [2.05, 4.69) is 20.4 Å². The molecule has 0 aliphatic heterocycles. The molecule has 0 radical (unpaired) electrons. The van der Waals surface area contributed by atoms with E-state index in [0.29, 0.717) is 23.4 Å². The van der Waals surface area contributed by atoms with E-state index >= 15 is 0 Å². The van der Waals surface area contributed by atoms with Crippen LogP contribution in [-0.2, 0) is 6.54 Å². The molecule has 5 nitrogen and oxygen atoms in total. The van der Waals surface area contributed by atoms with Gasteiger partial charge in [-0.1, -0.05) is 0 Å². The van der Waals surface area contributed by atoms with Gasteiger partial charge in [-0.2, -0.15) is 5.10 Å². The monoisotopic (exact) mass is 385 g/mol. The second-order valence-electron chi connectivity index (χ2n) is 6.64. The molecule has 0 aliphatic carbocycles. The van der Waals surface area contributed by atoms with E-state index in [1.807, 2.05) is 13.8 Å². The maximum Gasteiger partial charge on any atom is 0.151 e. The quantitative estimate of drug-likeness (QED) is 0.538. The second kappa shape index (κ2) is 7.12. The number of hydrogen-bond acceptors (Lipinski definition) is 3. The largest absolute Gasteiger partial charge is 0.341 e. The lowest BCUT2D eigenvalue weighted by molar-refractivity contribution is 0.558. The summed E-state index contributed by atoms with van der Waals surface area (Å²) in [4.78, 5) is 7.51. The molecule has 4 aromatic rings. The molecule has 2 aromatic carbocycles. The van der Waals surface area contributed by atoms with Gasteiger partial charge >= 0.3 is 0 Å². The van der Waals surface area contributed by atoms with Crippen LogP contribution in [0.4, 0.5) is 13.2 Å².